The van der Waals surface area contributed by atoms with E-state index >= 15 is 0 Å². The molecule has 0 saturated heterocycles. The second kappa shape index (κ2) is 23.6. The molecule has 1 aromatic carbocycles. The predicted molar refractivity (Wildman–Crippen MR) is 156 cm³/mol. The first-order valence-corrected chi connectivity index (χ1v) is 16.0. The number of aryl methyl sites for hydroxylation is 1. The van der Waals surface area contributed by atoms with Gasteiger partial charge in [-0.2, -0.15) is 0 Å². The standard InChI is InChI=1S/C30H54NO6P/c1-5-6-7-8-9-10-11-12-13-14-15-16-18-28-19-21-29(22-20-28)34-25-30(37-27(2)32)26-36-38(33)35-24-17-23-31(3)4/h19-22,30,33H,5-18,23-26H2,1-4H3/p+1. The van der Waals surface area contributed by atoms with E-state index in [1.165, 1.54) is 94.4 Å². The molecule has 2 unspecified atom stereocenters. The van der Waals surface area contributed by atoms with Gasteiger partial charge in [0, 0.05) is 13.3 Å². The van der Waals surface area contributed by atoms with Gasteiger partial charge in [0.25, 0.3) is 0 Å². The number of hydrogen-bond acceptors (Lipinski definition) is 6. The number of carbonyl (C=O) groups excluding carboxylic acids is 1. The van der Waals surface area contributed by atoms with Gasteiger partial charge in [0.2, 0.25) is 0 Å². The van der Waals surface area contributed by atoms with Crippen molar-refractivity contribution in [1.82, 2.24) is 0 Å². The Balaban J connectivity index is 2.19. The quantitative estimate of drug-likeness (QED) is 0.0870. The third kappa shape index (κ3) is 20.7. The van der Waals surface area contributed by atoms with Crippen molar-refractivity contribution < 1.29 is 33.1 Å². The van der Waals surface area contributed by atoms with Gasteiger partial charge in [-0.05, 0) is 30.5 Å². The van der Waals surface area contributed by atoms with E-state index in [2.05, 4.69) is 33.2 Å². The van der Waals surface area contributed by atoms with Gasteiger partial charge in [0.05, 0.1) is 33.9 Å². The second-order valence-corrected chi connectivity index (χ2v) is 11.5. The summed E-state index contributed by atoms with van der Waals surface area (Å²) < 4.78 is 21.8. The van der Waals surface area contributed by atoms with Crippen molar-refractivity contribution in [3.05, 3.63) is 29.8 Å². The number of esters is 1. The highest BCUT2D eigenvalue weighted by Gasteiger charge is 2.17. The summed E-state index contributed by atoms with van der Waals surface area (Å²) in [5.41, 5.74) is 1.31. The first kappa shape index (κ1) is 34.8. The van der Waals surface area contributed by atoms with Crippen molar-refractivity contribution >= 4 is 14.6 Å². The molecule has 1 aromatic rings. The molecular weight excluding hydrogens is 501 g/mol. The van der Waals surface area contributed by atoms with E-state index in [0.29, 0.717) is 12.4 Å². The number of unbranched alkanes of at least 4 members (excludes halogenated alkanes) is 11. The van der Waals surface area contributed by atoms with Gasteiger partial charge >= 0.3 is 14.6 Å². The van der Waals surface area contributed by atoms with E-state index in [4.69, 9.17) is 18.5 Å². The van der Waals surface area contributed by atoms with Gasteiger partial charge in [-0.3, -0.25) is 4.79 Å². The fourth-order valence-electron chi connectivity index (χ4n) is 4.22. The number of rotatable bonds is 25. The Kier molecular flexibility index (Phi) is 21.6. The van der Waals surface area contributed by atoms with E-state index in [1.54, 1.807) is 0 Å². The first-order chi connectivity index (χ1) is 18.4. The monoisotopic (exact) mass is 556 g/mol. The van der Waals surface area contributed by atoms with Crippen LogP contribution in [0.25, 0.3) is 0 Å². The number of benzene rings is 1. The zero-order valence-electron chi connectivity index (χ0n) is 24.6. The average molecular weight is 557 g/mol. The Morgan fingerprint density at radius 1 is 0.842 bits per heavy atom. The van der Waals surface area contributed by atoms with Crippen molar-refractivity contribution in [3.8, 4) is 5.75 Å². The van der Waals surface area contributed by atoms with Crippen LogP contribution in [-0.2, 0) is 25.0 Å². The Hall–Kier alpha value is -1.24. The highest BCUT2D eigenvalue weighted by Crippen LogP contribution is 2.33. The van der Waals surface area contributed by atoms with E-state index < -0.39 is 20.7 Å². The number of nitrogens with one attached hydrogen (secondary N) is 1. The van der Waals surface area contributed by atoms with Crippen LogP contribution in [0.1, 0.15) is 103 Å². The zero-order chi connectivity index (χ0) is 27.8. The predicted octanol–water partition coefficient (Wildman–Crippen LogP) is 6.03. The van der Waals surface area contributed by atoms with Crippen LogP contribution in [-0.4, -0.2) is 57.4 Å². The molecule has 0 bridgehead atoms. The van der Waals surface area contributed by atoms with Gasteiger partial charge in [-0.25, -0.2) is 0 Å². The minimum Gasteiger partial charge on any atom is -0.490 e. The number of hydrogen-bond donors (Lipinski definition) is 2. The molecule has 2 N–H and O–H groups in total. The molecular formula is C30H55NO6P+. The summed E-state index contributed by atoms with van der Waals surface area (Å²) in [5.74, 6) is 0.298. The second-order valence-electron chi connectivity index (χ2n) is 10.5. The summed E-state index contributed by atoms with van der Waals surface area (Å²) in [4.78, 5) is 22.7. The number of quaternary nitrogens is 1. The Morgan fingerprint density at radius 3 is 1.97 bits per heavy atom. The first-order valence-electron chi connectivity index (χ1n) is 14.8. The van der Waals surface area contributed by atoms with Crippen molar-refractivity contribution in [1.29, 1.82) is 0 Å². The molecule has 0 aliphatic rings. The smallest absolute Gasteiger partial charge is 0.329 e. The lowest BCUT2D eigenvalue weighted by Gasteiger charge is -2.19. The minimum absolute atomic E-state index is 0.0117. The molecule has 0 fully saturated rings. The van der Waals surface area contributed by atoms with Crippen LogP contribution < -0.4 is 9.64 Å². The van der Waals surface area contributed by atoms with E-state index in [1.807, 2.05) is 12.1 Å². The molecule has 0 aliphatic heterocycles. The summed E-state index contributed by atoms with van der Waals surface area (Å²) in [6.45, 7) is 5.15. The number of ether oxygens (including phenoxy) is 2. The molecule has 0 amide bonds. The van der Waals surface area contributed by atoms with Gasteiger partial charge in [-0.15, -0.1) is 0 Å². The third-order valence-corrected chi connectivity index (χ3v) is 7.18. The molecule has 2 atom stereocenters. The molecule has 0 spiro atoms. The molecule has 0 heterocycles. The molecule has 0 aliphatic carbocycles. The highest BCUT2D eigenvalue weighted by molar-refractivity contribution is 7.40. The molecule has 0 saturated carbocycles. The summed E-state index contributed by atoms with van der Waals surface area (Å²) in [6.07, 6.45) is 17.6. The summed E-state index contributed by atoms with van der Waals surface area (Å²) in [5, 5.41) is 0. The largest absolute Gasteiger partial charge is 0.490 e. The van der Waals surface area contributed by atoms with Crippen LogP contribution in [0.4, 0.5) is 0 Å². The van der Waals surface area contributed by atoms with Crippen molar-refractivity contribution in [2.75, 3.05) is 40.5 Å². The van der Waals surface area contributed by atoms with Crippen LogP contribution in [0.3, 0.4) is 0 Å². The van der Waals surface area contributed by atoms with Gasteiger partial charge < -0.3 is 28.3 Å². The SMILES string of the molecule is CCCCCCCCCCCCCCc1ccc(OCC(COP(O)OCCC[NH+](C)C)OC(C)=O)cc1. The molecule has 8 heteroatoms. The maximum Gasteiger partial charge on any atom is 0.329 e. The fourth-order valence-corrected chi connectivity index (χ4v) is 4.87. The van der Waals surface area contributed by atoms with E-state index in [-0.39, 0.29) is 13.2 Å². The summed E-state index contributed by atoms with van der Waals surface area (Å²) in [6, 6.07) is 8.11. The minimum atomic E-state index is -2.01. The molecule has 0 radical (unpaired) electrons. The van der Waals surface area contributed by atoms with Gasteiger partial charge in [-0.1, -0.05) is 89.7 Å². The van der Waals surface area contributed by atoms with Crippen LogP contribution in [0.5, 0.6) is 5.75 Å². The zero-order valence-corrected chi connectivity index (χ0v) is 25.4. The Bertz CT molecular complexity index is 688. The third-order valence-electron chi connectivity index (χ3n) is 6.40. The molecule has 0 aromatic heterocycles. The summed E-state index contributed by atoms with van der Waals surface area (Å²) >= 11 is 0. The number of carbonyl (C=O) groups is 1. The Labute approximate surface area is 233 Å². The van der Waals surface area contributed by atoms with Crippen LogP contribution >= 0.6 is 8.60 Å². The van der Waals surface area contributed by atoms with Crippen LogP contribution in [0, 0.1) is 0 Å². The van der Waals surface area contributed by atoms with Crippen molar-refractivity contribution in [3.63, 3.8) is 0 Å². The average Bonchev–Trinajstić information content (AvgIpc) is 2.89. The van der Waals surface area contributed by atoms with E-state index in [0.717, 1.165) is 19.4 Å². The van der Waals surface area contributed by atoms with E-state index in [9.17, 15) is 9.69 Å². The van der Waals surface area contributed by atoms with Crippen LogP contribution in [0.2, 0.25) is 0 Å². The van der Waals surface area contributed by atoms with Gasteiger partial charge in [0.1, 0.15) is 12.4 Å². The topological polar surface area (TPSA) is 78.7 Å². The highest BCUT2D eigenvalue weighted by atomic mass is 31.2. The lowest BCUT2D eigenvalue weighted by atomic mass is 10.0. The van der Waals surface area contributed by atoms with Crippen molar-refractivity contribution in [2.24, 2.45) is 0 Å². The molecule has 220 valence electrons. The lowest BCUT2D eigenvalue weighted by Crippen LogP contribution is -3.05. The molecule has 38 heavy (non-hydrogen) atoms. The normalized spacial score (nSPS) is 13.0. The lowest BCUT2D eigenvalue weighted by molar-refractivity contribution is -0.858. The molecule has 1 rings (SSSR count). The molecule has 7 nitrogen and oxygen atoms in total. The maximum atomic E-state index is 11.5. The summed E-state index contributed by atoms with van der Waals surface area (Å²) in [7, 11) is 2.12. The Morgan fingerprint density at radius 2 is 1.42 bits per heavy atom. The van der Waals surface area contributed by atoms with Crippen molar-refractivity contribution in [2.45, 2.75) is 110 Å². The fraction of sp³-hybridized carbons (Fsp3) is 0.767. The maximum absolute atomic E-state index is 11.5. The van der Waals surface area contributed by atoms with Gasteiger partial charge in [0.15, 0.2) is 6.10 Å². The van der Waals surface area contributed by atoms with Crippen LogP contribution in [0.15, 0.2) is 24.3 Å².